The molecular formula is C12H15N5O2. The van der Waals surface area contributed by atoms with Crippen molar-refractivity contribution in [3.8, 4) is 11.8 Å². The molecule has 0 unspecified atom stereocenters. The molecule has 0 radical (unpaired) electrons. The largest absolute Gasteiger partial charge is 0.481 e. The van der Waals surface area contributed by atoms with E-state index in [0.717, 1.165) is 5.56 Å². The molecule has 2 heterocycles. The fourth-order valence-corrected chi connectivity index (χ4v) is 1.50. The Morgan fingerprint density at radius 1 is 1.16 bits per heavy atom. The maximum atomic E-state index is 5.58. The van der Waals surface area contributed by atoms with Gasteiger partial charge in [-0.15, -0.1) is 0 Å². The van der Waals surface area contributed by atoms with E-state index in [-0.39, 0.29) is 5.95 Å². The van der Waals surface area contributed by atoms with Gasteiger partial charge in [0.2, 0.25) is 17.7 Å². The summed E-state index contributed by atoms with van der Waals surface area (Å²) in [5.74, 6) is 1.75. The third kappa shape index (κ3) is 3.44. The standard InChI is InChI=1S/C12H15N5O2/c1-18-10-5-8(3-4-14-10)7-15-9-6-11(19-2)17-12(13)16-9/h3-6H,7H2,1-2H3,(H3,13,15,16,17). The number of nitrogens with one attached hydrogen (secondary N) is 1. The number of rotatable bonds is 5. The van der Waals surface area contributed by atoms with E-state index in [2.05, 4.69) is 20.3 Å². The minimum absolute atomic E-state index is 0.161. The second-order valence-electron chi connectivity index (χ2n) is 3.71. The Morgan fingerprint density at radius 3 is 2.68 bits per heavy atom. The first kappa shape index (κ1) is 12.9. The molecule has 7 heteroatoms. The van der Waals surface area contributed by atoms with Crippen LogP contribution in [0.25, 0.3) is 0 Å². The molecule has 0 saturated heterocycles. The van der Waals surface area contributed by atoms with Crippen LogP contribution < -0.4 is 20.5 Å². The van der Waals surface area contributed by atoms with Crippen LogP contribution in [0.15, 0.2) is 24.4 Å². The quantitative estimate of drug-likeness (QED) is 0.831. The highest BCUT2D eigenvalue weighted by atomic mass is 16.5. The Hall–Kier alpha value is -2.57. The summed E-state index contributed by atoms with van der Waals surface area (Å²) in [7, 11) is 3.11. The van der Waals surface area contributed by atoms with Gasteiger partial charge in [-0.1, -0.05) is 0 Å². The zero-order chi connectivity index (χ0) is 13.7. The van der Waals surface area contributed by atoms with Crippen LogP contribution in [0.1, 0.15) is 5.56 Å². The van der Waals surface area contributed by atoms with Gasteiger partial charge < -0.3 is 20.5 Å². The summed E-state index contributed by atoms with van der Waals surface area (Å²) in [6.07, 6.45) is 1.69. The van der Waals surface area contributed by atoms with Crippen molar-refractivity contribution in [2.45, 2.75) is 6.54 Å². The van der Waals surface area contributed by atoms with E-state index in [0.29, 0.717) is 24.1 Å². The number of nitrogen functional groups attached to an aromatic ring is 1. The summed E-state index contributed by atoms with van der Waals surface area (Å²) in [6.45, 7) is 0.568. The van der Waals surface area contributed by atoms with Gasteiger partial charge in [-0.25, -0.2) is 4.98 Å². The number of anilines is 2. The highest BCUT2D eigenvalue weighted by Gasteiger charge is 2.03. The summed E-state index contributed by atoms with van der Waals surface area (Å²) in [5, 5.41) is 3.13. The van der Waals surface area contributed by atoms with Gasteiger partial charge in [-0.05, 0) is 11.6 Å². The molecule has 0 bridgehead atoms. The van der Waals surface area contributed by atoms with Gasteiger partial charge in [0.25, 0.3) is 0 Å². The molecule has 2 rings (SSSR count). The van der Waals surface area contributed by atoms with Gasteiger partial charge in [-0.3, -0.25) is 0 Å². The first-order valence-electron chi connectivity index (χ1n) is 5.62. The summed E-state index contributed by atoms with van der Waals surface area (Å²) < 4.78 is 10.1. The average Bonchev–Trinajstić information content (AvgIpc) is 2.44. The average molecular weight is 261 g/mol. The molecule has 2 aromatic heterocycles. The van der Waals surface area contributed by atoms with Crippen molar-refractivity contribution in [3.05, 3.63) is 30.0 Å². The van der Waals surface area contributed by atoms with Crippen molar-refractivity contribution in [2.75, 3.05) is 25.3 Å². The molecule has 0 aliphatic carbocycles. The number of nitrogens with zero attached hydrogens (tertiary/aromatic N) is 3. The molecular weight excluding hydrogens is 246 g/mol. The zero-order valence-electron chi connectivity index (χ0n) is 10.8. The number of hydrogen-bond acceptors (Lipinski definition) is 7. The Morgan fingerprint density at radius 2 is 1.95 bits per heavy atom. The third-order valence-corrected chi connectivity index (χ3v) is 2.41. The summed E-state index contributed by atoms with van der Waals surface area (Å²) in [4.78, 5) is 12.0. The maximum absolute atomic E-state index is 5.58. The highest BCUT2D eigenvalue weighted by Crippen LogP contribution is 2.15. The van der Waals surface area contributed by atoms with Crippen LogP contribution in [0.2, 0.25) is 0 Å². The molecule has 7 nitrogen and oxygen atoms in total. The molecule has 0 aliphatic heterocycles. The number of ether oxygens (including phenoxy) is 2. The normalized spacial score (nSPS) is 10.0. The molecule has 3 N–H and O–H groups in total. The Balaban J connectivity index is 2.07. The molecule has 100 valence electrons. The van der Waals surface area contributed by atoms with Crippen molar-refractivity contribution in [1.29, 1.82) is 0 Å². The van der Waals surface area contributed by atoms with Crippen molar-refractivity contribution in [1.82, 2.24) is 15.0 Å². The number of hydrogen-bond donors (Lipinski definition) is 2. The number of pyridine rings is 1. The van der Waals surface area contributed by atoms with E-state index in [1.54, 1.807) is 19.4 Å². The second-order valence-corrected chi connectivity index (χ2v) is 3.71. The first-order valence-corrected chi connectivity index (χ1v) is 5.62. The Bertz CT molecular complexity index is 562. The topological polar surface area (TPSA) is 95.2 Å². The maximum Gasteiger partial charge on any atom is 0.225 e. The lowest BCUT2D eigenvalue weighted by atomic mass is 10.2. The van der Waals surface area contributed by atoms with Crippen LogP contribution in [0.3, 0.4) is 0 Å². The smallest absolute Gasteiger partial charge is 0.225 e. The summed E-state index contributed by atoms with van der Waals surface area (Å²) in [5.41, 5.74) is 6.59. The predicted octanol–water partition coefficient (Wildman–Crippen LogP) is 1.08. The van der Waals surface area contributed by atoms with Gasteiger partial charge in [0.05, 0.1) is 14.2 Å². The summed E-state index contributed by atoms with van der Waals surface area (Å²) in [6, 6.07) is 5.40. The van der Waals surface area contributed by atoms with Gasteiger partial charge >= 0.3 is 0 Å². The first-order chi connectivity index (χ1) is 9.21. The lowest BCUT2D eigenvalue weighted by molar-refractivity contribution is 0.397. The molecule has 0 fully saturated rings. The van der Waals surface area contributed by atoms with Crippen LogP contribution in [-0.4, -0.2) is 29.2 Å². The Labute approximate surface area is 110 Å². The van der Waals surface area contributed by atoms with E-state index in [9.17, 15) is 0 Å². The molecule has 2 aromatic rings. The number of aromatic nitrogens is 3. The number of nitrogens with two attached hydrogens (primary N) is 1. The molecule has 0 spiro atoms. The van der Waals surface area contributed by atoms with Crippen molar-refractivity contribution in [3.63, 3.8) is 0 Å². The number of methoxy groups -OCH3 is 2. The van der Waals surface area contributed by atoms with Gasteiger partial charge in [0.1, 0.15) is 5.82 Å². The fourth-order valence-electron chi connectivity index (χ4n) is 1.50. The molecule has 19 heavy (non-hydrogen) atoms. The molecule has 0 saturated carbocycles. The second kappa shape index (κ2) is 5.85. The predicted molar refractivity (Wildman–Crippen MR) is 71.1 cm³/mol. The van der Waals surface area contributed by atoms with Crippen molar-refractivity contribution in [2.24, 2.45) is 0 Å². The minimum atomic E-state index is 0.161. The van der Waals surface area contributed by atoms with Gasteiger partial charge in [-0.2, -0.15) is 9.97 Å². The SMILES string of the molecule is COc1cc(CNc2cc(OC)nc(N)n2)ccn1. The van der Waals surface area contributed by atoms with Crippen LogP contribution in [0, 0.1) is 0 Å². The van der Waals surface area contributed by atoms with E-state index in [1.165, 1.54) is 7.11 Å². The van der Waals surface area contributed by atoms with E-state index >= 15 is 0 Å². The van der Waals surface area contributed by atoms with Crippen LogP contribution in [-0.2, 0) is 6.54 Å². The van der Waals surface area contributed by atoms with Crippen LogP contribution >= 0.6 is 0 Å². The minimum Gasteiger partial charge on any atom is -0.481 e. The monoisotopic (exact) mass is 261 g/mol. The highest BCUT2D eigenvalue weighted by molar-refractivity contribution is 5.43. The van der Waals surface area contributed by atoms with Crippen LogP contribution in [0.5, 0.6) is 11.8 Å². The molecule has 0 amide bonds. The Kier molecular flexibility index (Phi) is 3.97. The van der Waals surface area contributed by atoms with Crippen molar-refractivity contribution >= 4 is 11.8 Å². The third-order valence-electron chi connectivity index (χ3n) is 2.41. The van der Waals surface area contributed by atoms with Gasteiger partial charge in [0, 0.05) is 24.9 Å². The molecule has 0 aliphatic rings. The zero-order valence-corrected chi connectivity index (χ0v) is 10.8. The van der Waals surface area contributed by atoms with E-state index in [4.69, 9.17) is 15.2 Å². The molecule has 0 atom stereocenters. The lowest BCUT2D eigenvalue weighted by Crippen LogP contribution is -2.05. The fraction of sp³-hybridized carbons (Fsp3) is 0.250. The lowest BCUT2D eigenvalue weighted by Gasteiger charge is -2.08. The molecule has 0 aromatic carbocycles. The van der Waals surface area contributed by atoms with Crippen LogP contribution in [0.4, 0.5) is 11.8 Å². The van der Waals surface area contributed by atoms with E-state index < -0.39 is 0 Å². The summed E-state index contributed by atoms with van der Waals surface area (Å²) >= 11 is 0. The van der Waals surface area contributed by atoms with Crippen molar-refractivity contribution < 1.29 is 9.47 Å². The van der Waals surface area contributed by atoms with Gasteiger partial charge in [0.15, 0.2) is 0 Å². The van der Waals surface area contributed by atoms with E-state index in [1.807, 2.05) is 12.1 Å².